The number of ether oxygens (including phenoxy) is 1. The smallest absolute Gasteiger partial charge is 0.265 e. The van der Waals surface area contributed by atoms with Crippen molar-refractivity contribution >= 4 is 29.9 Å². The van der Waals surface area contributed by atoms with Crippen LogP contribution in [0, 0.1) is 0 Å². The molecule has 2 aromatic carbocycles. The molecule has 7 heteroatoms. The SMILES string of the molecule is CCCNCCNC(=O)c1cccc(NC(=O)C2Cc3ccccc3O2)c1.Cl. The lowest BCUT2D eigenvalue weighted by molar-refractivity contribution is -0.122. The number of fused-ring (bicyclic) bond motifs is 1. The van der Waals surface area contributed by atoms with Crippen LogP contribution in [-0.4, -0.2) is 37.6 Å². The lowest BCUT2D eigenvalue weighted by Crippen LogP contribution is -2.32. The van der Waals surface area contributed by atoms with Crippen LogP contribution in [0.5, 0.6) is 5.75 Å². The van der Waals surface area contributed by atoms with Crippen molar-refractivity contribution in [1.82, 2.24) is 10.6 Å². The Balaban J connectivity index is 0.00000280. The van der Waals surface area contributed by atoms with E-state index in [1.165, 1.54) is 0 Å². The lowest BCUT2D eigenvalue weighted by atomic mass is 10.1. The third-order valence-corrected chi connectivity index (χ3v) is 4.35. The molecule has 150 valence electrons. The average Bonchev–Trinajstić information content (AvgIpc) is 3.12. The van der Waals surface area contributed by atoms with Crippen molar-refractivity contribution in [2.75, 3.05) is 25.0 Å². The van der Waals surface area contributed by atoms with Gasteiger partial charge in [-0.3, -0.25) is 9.59 Å². The van der Waals surface area contributed by atoms with Crippen LogP contribution in [0.1, 0.15) is 29.3 Å². The highest BCUT2D eigenvalue weighted by molar-refractivity contribution is 5.98. The quantitative estimate of drug-likeness (QED) is 0.592. The highest BCUT2D eigenvalue weighted by Crippen LogP contribution is 2.28. The summed E-state index contributed by atoms with van der Waals surface area (Å²) in [6, 6.07) is 14.6. The second-order valence-corrected chi connectivity index (χ2v) is 6.49. The zero-order valence-electron chi connectivity index (χ0n) is 15.9. The summed E-state index contributed by atoms with van der Waals surface area (Å²) in [5.41, 5.74) is 2.12. The molecule has 0 spiro atoms. The van der Waals surface area contributed by atoms with Gasteiger partial charge in [0.05, 0.1) is 0 Å². The number of benzene rings is 2. The highest BCUT2D eigenvalue weighted by atomic mass is 35.5. The van der Waals surface area contributed by atoms with Crippen LogP contribution in [0.25, 0.3) is 0 Å². The Morgan fingerprint density at radius 1 is 1.07 bits per heavy atom. The van der Waals surface area contributed by atoms with Gasteiger partial charge in [-0.1, -0.05) is 31.2 Å². The van der Waals surface area contributed by atoms with Crippen LogP contribution < -0.4 is 20.7 Å². The maximum Gasteiger partial charge on any atom is 0.265 e. The van der Waals surface area contributed by atoms with Crippen molar-refractivity contribution in [3.8, 4) is 5.75 Å². The lowest BCUT2D eigenvalue weighted by Gasteiger charge is -2.12. The number of carbonyl (C=O) groups is 2. The molecule has 0 aliphatic carbocycles. The summed E-state index contributed by atoms with van der Waals surface area (Å²) in [5, 5.41) is 8.94. The van der Waals surface area contributed by atoms with Gasteiger partial charge in [-0.25, -0.2) is 0 Å². The first-order chi connectivity index (χ1) is 13.2. The van der Waals surface area contributed by atoms with E-state index in [-0.39, 0.29) is 24.2 Å². The molecule has 3 N–H and O–H groups in total. The predicted octanol–water partition coefficient (Wildman–Crippen LogP) is 2.78. The van der Waals surface area contributed by atoms with Crippen molar-refractivity contribution in [2.45, 2.75) is 25.9 Å². The van der Waals surface area contributed by atoms with E-state index in [4.69, 9.17) is 4.74 Å². The molecule has 0 aromatic heterocycles. The predicted molar refractivity (Wildman–Crippen MR) is 112 cm³/mol. The van der Waals surface area contributed by atoms with Gasteiger partial charge < -0.3 is 20.7 Å². The Morgan fingerprint density at radius 2 is 1.89 bits per heavy atom. The van der Waals surface area contributed by atoms with Crippen molar-refractivity contribution in [2.24, 2.45) is 0 Å². The van der Waals surface area contributed by atoms with Crippen molar-refractivity contribution in [3.05, 3.63) is 59.7 Å². The number of carbonyl (C=O) groups excluding carboxylic acids is 2. The van der Waals surface area contributed by atoms with Gasteiger partial charge in [-0.15, -0.1) is 12.4 Å². The monoisotopic (exact) mass is 403 g/mol. The largest absolute Gasteiger partial charge is 0.480 e. The van der Waals surface area contributed by atoms with Gasteiger partial charge in [0.1, 0.15) is 5.75 Å². The molecular formula is C21H26ClN3O3. The molecule has 1 atom stereocenters. The fourth-order valence-corrected chi connectivity index (χ4v) is 2.96. The maximum absolute atomic E-state index is 12.5. The van der Waals surface area contributed by atoms with Gasteiger partial charge in [0, 0.05) is 30.8 Å². The molecule has 1 aliphatic rings. The molecule has 1 heterocycles. The number of para-hydroxylation sites is 1. The second kappa shape index (κ2) is 10.7. The van der Waals surface area contributed by atoms with Crippen molar-refractivity contribution < 1.29 is 14.3 Å². The third kappa shape index (κ3) is 5.71. The van der Waals surface area contributed by atoms with E-state index in [1.807, 2.05) is 24.3 Å². The minimum absolute atomic E-state index is 0. The van der Waals surface area contributed by atoms with E-state index in [0.29, 0.717) is 24.2 Å². The van der Waals surface area contributed by atoms with Gasteiger partial charge in [0.15, 0.2) is 6.10 Å². The molecule has 1 unspecified atom stereocenters. The standard InChI is InChI=1S/C21H25N3O3.ClH/c1-2-10-22-11-12-23-20(25)16-7-5-8-17(13-16)24-21(26)19-14-15-6-3-4-9-18(15)27-19;/h3-9,13,19,22H,2,10-12,14H2,1H3,(H,23,25)(H,24,26);1H. The minimum atomic E-state index is -0.551. The summed E-state index contributed by atoms with van der Waals surface area (Å²) in [7, 11) is 0. The number of rotatable bonds is 8. The summed E-state index contributed by atoms with van der Waals surface area (Å²) < 4.78 is 5.71. The fraction of sp³-hybridized carbons (Fsp3) is 0.333. The summed E-state index contributed by atoms with van der Waals surface area (Å²) in [4.78, 5) is 24.7. The normalized spacial score (nSPS) is 14.4. The molecule has 28 heavy (non-hydrogen) atoms. The highest BCUT2D eigenvalue weighted by Gasteiger charge is 2.28. The first-order valence-corrected chi connectivity index (χ1v) is 9.32. The van der Waals surface area contributed by atoms with Crippen molar-refractivity contribution in [3.63, 3.8) is 0 Å². The molecule has 3 rings (SSSR count). The number of nitrogens with one attached hydrogen (secondary N) is 3. The number of hydrogen-bond donors (Lipinski definition) is 3. The summed E-state index contributed by atoms with van der Waals surface area (Å²) in [5.74, 6) is 0.379. The van der Waals surface area contributed by atoms with E-state index < -0.39 is 6.10 Å². The molecule has 0 radical (unpaired) electrons. The zero-order valence-corrected chi connectivity index (χ0v) is 16.7. The van der Waals surface area contributed by atoms with E-state index in [9.17, 15) is 9.59 Å². The Labute approximate surface area is 171 Å². The molecule has 2 aromatic rings. The first kappa shape index (κ1) is 21.7. The average molecular weight is 404 g/mol. The molecule has 6 nitrogen and oxygen atoms in total. The van der Waals surface area contributed by atoms with Gasteiger partial charge in [0.2, 0.25) is 0 Å². The summed E-state index contributed by atoms with van der Waals surface area (Å²) in [6.45, 7) is 4.32. The molecular weight excluding hydrogens is 378 g/mol. The van der Waals surface area contributed by atoms with Crippen LogP contribution in [0.15, 0.2) is 48.5 Å². The van der Waals surface area contributed by atoms with Crippen LogP contribution in [0.3, 0.4) is 0 Å². The third-order valence-electron chi connectivity index (χ3n) is 4.35. The molecule has 0 fully saturated rings. The Kier molecular flexibility index (Phi) is 8.29. The molecule has 0 saturated heterocycles. The number of halogens is 1. The van der Waals surface area contributed by atoms with Gasteiger partial charge in [0.25, 0.3) is 11.8 Å². The topological polar surface area (TPSA) is 79.5 Å². The number of amides is 2. The van der Waals surface area contributed by atoms with Crippen LogP contribution >= 0.6 is 12.4 Å². The Hall–Kier alpha value is -2.57. The van der Waals surface area contributed by atoms with Gasteiger partial charge >= 0.3 is 0 Å². The van der Waals surface area contributed by atoms with Crippen LogP contribution in [0.4, 0.5) is 5.69 Å². The molecule has 2 amide bonds. The van der Waals surface area contributed by atoms with Crippen molar-refractivity contribution in [1.29, 1.82) is 0 Å². The molecule has 1 aliphatic heterocycles. The molecule has 0 saturated carbocycles. The second-order valence-electron chi connectivity index (χ2n) is 6.49. The van der Waals surface area contributed by atoms with E-state index in [1.54, 1.807) is 24.3 Å². The number of anilines is 1. The Morgan fingerprint density at radius 3 is 2.68 bits per heavy atom. The van der Waals surface area contributed by atoms with Gasteiger partial charge in [-0.2, -0.15) is 0 Å². The molecule has 0 bridgehead atoms. The zero-order chi connectivity index (χ0) is 19.1. The van der Waals surface area contributed by atoms with Crippen LogP contribution in [-0.2, 0) is 11.2 Å². The number of hydrogen-bond acceptors (Lipinski definition) is 4. The summed E-state index contributed by atoms with van der Waals surface area (Å²) >= 11 is 0. The fourth-order valence-electron chi connectivity index (χ4n) is 2.96. The first-order valence-electron chi connectivity index (χ1n) is 9.32. The summed E-state index contributed by atoms with van der Waals surface area (Å²) in [6.07, 6.45) is 1.06. The van der Waals surface area contributed by atoms with E-state index in [2.05, 4.69) is 22.9 Å². The van der Waals surface area contributed by atoms with Gasteiger partial charge in [-0.05, 0) is 42.8 Å². The van der Waals surface area contributed by atoms with E-state index in [0.717, 1.165) is 30.8 Å². The Bertz CT molecular complexity index is 788. The maximum atomic E-state index is 12.5. The van der Waals surface area contributed by atoms with Crippen LogP contribution in [0.2, 0.25) is 0 Å². The minimum Gasteiger partial charge on any atom is -0.480 e. The van der Waals surface area contributed by atoms with E-state index >= 15 is 0 Å².